The quantitative estimate of drug-likeness (QED) is 0.793. The maximum atomic E-state index is 13.4. The van der Waals surface area contributed by atoms with Crippen LogP contribution in [0.5, 0.6) is 0 Å². The topological polar surface area (TPSA) is 50.3 Å². The number of pyridine rings is 1. The molecular weight excluding hydrogens is 315 g/mol. The van der Waals surface area contributed by atoms with Gasteiger partial charge in [-0.3, -0.25) is 4.98 Å². The van der Waals surface area contributed by atoms with Crippen molar-refractivity contribution in [2.24, 2.45) is 0 Å². The minimum absolute atomic E-state index is 0.00767. The fourth-order valence-corrected chi connectivity index (χ4v) is 3.53. The Kier molecular flexibility index (Phi) is 4.92. The van der Waals surface area contributed by atoms with Crippen LogP contribution in [-0.2, 0) is 22.4 Å². The highest BCUT2D eigenvalue weighted by Gasteiger charge is 2.24. The Morgan fingerprint density at radius 2 is 2.05 bits per heavy atom. The number of rotatable bonds is 5. The summed E-state index contributed by atoms with van der Waals surface area (Å²) in [5.74, 6) is -0.625. The molecule has 112 valence electrons. The van der Waals surface area contributed by atoms with Gasteiger partial charge in [0.1, 0.15) is 5.82 Å². The second-order valence-electron chi connectivity index (χ2n) is 4.47. The third-order valence-corrected chi connectivity index (χ3v) is 5.15. The van der Waals surface area contributed by atoms with Crippen molar-refractivity contribution in [2.75, 3.05) is 7.05 Å². The van der Waals surface area contributed by atoms with Gasteiger partial charge in [0.15, 0.2) is 0 Å². The fraction of sp³-hybridized carbons (Fsp3) is 0.214. The van der Waals surface area contributed by atoms with Crippen molar-refractivity contribution in [3.8, 4) is 0 Å². The van der Waals surface area contributed by atoms with Gasteiger partial charge in [-0.25, -0.2) is 12.8 Å². The Hall–Kier alpha value is -1.50. The molecule has 0 N–H and O–H groups in total. The van der Waals surface area contributed by atoms with E-state index < -0.39 is 15.8 Å². The zero-order valence-corrected chi connectivity index (χ0v) is 12.9. The fourth-order valence-electron chi connectivity index (χ4n) is 1.85. The number of aromatic nitrogens is 1. The molecule has 0 fully saturated rings. The molecule has 1 heterocycles. The molecule has 0 aliphatic heterocycles. The van der Waals surface area contributed by atoms with Crippen molar-refractivity contribution < 1.29 is 12.8 Å². The van der Waals surface area contributed by atoms with E-state index in [2.05, 4.69) is 4.98 Å². The highest BCUT2D eigenvalue weighted by molar-refractivity contribution is 7.89. The molecule has 1 aromatic heterocycles. The summed E-state index contributed by atoms with van der Waals surface area (Å²) in [6.45, 7) is 0.0986. The first-order valence-corrected chi connectivity index (χ1v) is 8.13. The molecule has 0 amide bonds. The lowest BCUT2D eigenvalue weighted by molar-refractivity contribution is 0.461. The van der Waals surface area contributed by atoms with E-state index in [-0.39, 0.29) is 17.3 Å². The number of sulfonamides is 1. The largest absolute Gasteiger partial charge is 0.260 e. The van der Waals surface area contributed by atoms with Crippen molar-refractivity contribution >= 4 is 21.6 Å². The maximum Gasteiger partial charge on any atom is 0.243 e. The summed E-state index contributed by atoms with van der Waals surface area (Å²) < 4.78 is 39.6. The van der Waals surface area contributed by atoms with E-state index in [1.807, 2.05) is 0 Å². The van der Waals surface area contributed by atoms with E-state index in [1.54, 1.807) is 24.4 Å². The van der Waals surface area contributed by atoms with E-state index in [0.29, 0.717) is 11.3 Å². The van der Waals surface area contributed by atoms with E-state index in [9.17, 15) is 12.8 Å². The lowest BCUT2D eigenvalue weighted by Gasteiger charge is -2.18. The van der Waals surface area contributed by atoms with Gasteiger partial charge in [-0.05, 0) is 29.8 Å². The molecule has 0 unspecified atom stereocenters. The monoisotopic (exact) mass is 328 g/mol. The Morgan fingerprint density at radius 3 is 2.67 bits per heavy atom. The molecule has 21 heavy (non-hydrogen) atoms. The van der Waals surface area contributed by atoms with Crippen molar-refractivity contribution in [3.05, 3.63) is 59.7 Å². The third-order valence-electron chi connectivity index (χ3n) is 2.97. The molecule has 0 atom stereocenters. The molecule has 2 rings (SSSR count). The van der Waals surface area contributed by atoms with Gasteiger partial charge in [0, 0.05) is 19.1 Å². The summed E-state index contributed by atoms with van der Waals surface area (Å²) in [5, 5.41) is 0. The summed E-state index contributed by atoms with van der Waals surface area (Å²) in [5.41, 5.74) is 0.971. The van der Waals surface area contributed by atoms with E-state index in [0.717, 1.165) is 10.4 Å². The molecule has 0 spiro atoms. The molecule has 0 radical (unpaired) electrons. The number of halogens is 2. The van der Waals surface area contributed by atoms with Crippen molar-refractivity contribution in [1.82, 2.24) is 9.29 Å². The van der Waals surface area contributed by atoms with Crippen LogP contribution in [0.15, 0.2) is 47.5 Å². The Bertz CT molecular complexity index is 723. The summed E-state index contributed by atoms with van der Waals surface area (Å²) in [7, 11) is -2.41. The van der Waals surface area contributed by atoms with Crippen LogP contribution in [0.3, 0.4) is 0 Å². The minimum Gasteiger partial charge on any atom is -0.260 e. The number of hydrogen-bond acceptors (Lipinski definition) is 3. The third kappa shape index (κ3) is 3.58. The molecule has 4 nitrogen and oxygen atoms in total. The summed E-state index contributed by atoms with van der Waals surface area (Å²) >= 11 is 5.74. The zero-order chi connectivity index (χ0) is 15.5. The molecule has 0 bridgehead atoms. The smallest absolute Gasteiger partial charge is 0.243 e. The first kappa shape index (κ1) is 15.9. The SMILES string of the molecule is CN(Cc1ccccn1)S(=O)(=O)c1cc(F)ccc1CCl. The van der Waals surface area contributed by atoms with Gasteiger partial charge in [0.05, 0.1) is 17.1 Å². The van der Waals surface area contributed by atoms with Crippen molar-refractivity contribution in [2.45, 2.75) is 17.3 Å². The molecule has 0 aliphatic carbocycles. The lowest BCUT2D eigenvalue weighted by Crippen LogP contribution is -2.27. The first-order chi connectivity index (χ1) is 9.95. The second kappa shape index (κ2) is 6.51. The van der Waals surface area contributed by atoms with Crippen LogP contribution in [0.4, 0.5) is 4.39 Å². The second-order valence-corrected chi connectivity index (χ2v) is 6.75. The lowest BCUT2D eigenvalue weighted by atomic mass is 10.2. The van der Waals surface area contributed by atoms with Gasteiger partial charge < -0.3 is 0 Å². The van der Waals surface area contributed by atoms with Crippen molar-refractivity contribution in [1.29, 1.82) is 0 Å². The van der Waals surface area contributed by atoms with Crippen LogP contribution in [0.25, 0.3) is 0 Å². The Labute approximate surface area is 128 Å². The maximum absolute atomic E-state index is 13.4. The summed E-state index contributed by atoms with van der Waals surface area (Å²) in [6.07, 6.45) is 1.59. The van der Waals surface area contributed by atoms with Crippen LogP contribution in [0.1, 0.15) is 11.3 Å². The standard InChI is InChI=1S/C14H14ClFN2O2S/c1-18(10-13-4-2-3-7-17-13)21(19,20)14-8-12(16)6-5-11(14)9-15/h2-8H,9-10H2,1H3. The van der Waals surface area contributed by atoms with Gasteiger partial charge >= 0.3 is 0 Å². The highest BCUT2D eigenvalue weighted by Crippen LogP contribution is 2.23. The minimum atomic E-state index is -3.83. The van der Waals surface area contributed by atoms with Crippen LogP contribution < -0.4 is 0 Å². The van der Waals surface area contributed by atoms with Gasteiger partial charge in [0.2, 0.25) is 10.0 Å². The summed E-state index contributed by atoms with van der Waals surface area (Å²) in [4.78, 5) is 3.96. The predicted octanol–water partition coefficient (Wildman–Crippen LogP) is 2.78. The normalized spacial score (nSPS) is 11.8. The van der Waals surface area contributed by atoms with Crippen LogP contribution in [0.2, 0.25) is 0 Å². The van der Waals surface area contributed by atoms with Gasteiger partial charge in [-0.1, -0.05) is 12.1 Å². The van der Waals surface area contributed by atoms with Gasteiger partial charge in [-0.2, -0.15) is 4.31 Å². The number of benzene rings is 1. The molecule has 0 aliphatic rings. The van der Waals surface area contributed by atoms with Gasteiger partial charge in [0.25, 0.3) is 0 Å². The van der Waals surface area contributed by atoms with Gasteiger partial charge in [-0.15, -0.1) is 11.6 Å². The molecule has 0 saturated carbocycles. The summed E-state index contributed by atoms with van der Waals surface area (Å²) in [6, 6.07) is 8.80. The highest BCUT2D eigenvalue weighted by atomic mass is 35.5. The van der Waals surface area contributed by atoms with E-state index in [1.165, 1.54) is 19.2 Å². The van der Waals surface area contributed by atoms with E-state index >= 15 is 0 Å². The first-order valence-electron chi connectivity index (χ1n) is 6.16. The molecule has 7 heteroatoms. The predicted molar refractivity (Wildman–Crippen MR) is 78.8 cm³/mol. The molecule has 1 aromatic carbocycles. The number of nitrogens with zero attached hydrogens (tertiary/aromatic N) is 2. The molecule has 2 aromatic rings. The van der Waals surface area contributed by atoms with E-state index in [4.69, 9.17) is 11.6 Å². The average molecular weight is 329 g/mol. The number of alkyl halides is 1. The van der Waals surface area contributed by atoms with Crippen molar-refractivity contribution in [3.63, 3.8) is 0 Å². The van der Waals surface area contributed by atoms with Crippen LogP contribution in [0, 0.1) is 5.82 Å². The van der Waals surface area contributed by atoms with Crippen LogP contribution in [-0.4, -0.2) is 24.8 Å². The zero-order valence-electron chi connectivity index (χ0n) is 11.3. The Morgan fingerprint density at radius 1 is 1.29 bits per heavy atom. The molecular formula is C14H14ClFN2O2S. The Balaban J connectivity index is 2.35. The molecule has 0 saturated heterocycles. The van der Waals surface area contributed by atoms with Crippen LogP contribution >= 0.6 is 11.6 Å². The average Bonchev–Trinajstić information content (AvgIpc) is 2.48. The number of hydrogen-bond donors (Lipinski definition) is 0.